The molecule has 1 amide bonds. The number of carboxylic acid groups (broad SMARTS) is 1. The lowest BCUT2D eigenvalue weighted by Gasteiger charge is -2.12. The molecule has 0 aromatic rings. The first-order valence-electron chi connectivity index (χ1n) is 4.81. The highest BCUT2D eigenvalue weighted by atomic mass is 16.4. The topological polar surface area (TPSA) is 158 Å². The smallest absolute Gasteiger partial charge is 0.338 e. The molecule has 0 aromatic heterocycles. The molecule has 1 atom stereocenters. The summed E-state index contributed by atoms with van der Waals surface area (Å²) >= 11 is 0. The molecule has 0 saturated carbocycles. The van der Waals surface area contributed by atoms with E-state index in [0.29, 0.717) is 13.0 Å². The maximum atomic E-state index is 10.9. The SMILES string of the molecule is NCC(=O)NC(CCC[NH+]=C(N)N)C(=O)O. The maximum Gasteiger partial charge on any atom is 0.338 e. The van der Waals surface area contributed by atoms with Crippen LogP contribution in [-0.4, -0.2) is 42.1 Å². The first-order valence-corrected chi connectivity index (χ1v) is 4.81. The van der Waals surface area contributed by atoms with E-state index in [1.54, 1.807) is 0 Å². The Kier molecular flexibility index (Phi) is 6.61. The molecule has 8 nitrogen and oxygen atoms in total. The molecule has 0 aliphatic heterocycles. The Morgan fingerprint density at radius 1 is 1.38 bits per heavy atom. The second kappa shape index (κ2) is 7.46. The van der Waals surface area contributed by atoms with Gasteiger partial charge in [-0.2, -0.15) is 0 Å². The summed E-state index contributed by atoms with van der Waals surface area (Å²) < 4.78 is 0. The van der Waals surface area contributed by atoms with Gasteiger partial charge in [0, 0.05) is 0 Å². The molecule has 0 aliphatic rings. The van der Waals surface area contributed by atoms with Crippen molar-refractivity contribution in [2.75, 3.05) is 13.1 Å². The lowest BCUT2D eigenvalue weighted by atomic mass is 10.1. The highest BCUT2D eigenvalue weighted by Gasteiger charge is 2.18. The summed E-state index contributed by atoms with van der Waals surface area (Å²) in [6, 6.07) is -0.933. The van der Waals surface area contributed by atoms with E-state index in [0.717, 1.165) is 0 Å². The zero-order chi connectivity index (χ0) is 12.6. The minimum absolute atomic E-state index is 0.0814. The molecule has 0 heterocycles. The van der Waals surface area contributed by atoms with E-state index in [1.165, 1.54) is 0 Å². The summed E-state index contributed by atoms with van der Waals surface area (Å²) in [6.45, 7) is 0.218. The number of guanidine groups is 1. The lowest BCUT2D eigenvalue weighted by molar-refractivity contribution is -0.459. The van der Waals surface area contributed by atoms with Crippen LogP contribution in [0.4, 0.5) is 0 Å². The fourth-order valence-electron chi connectivity index (χ4n) is 1.05. The van der Waals surface area contributed by atoms with Crippen LogP contribution in [0, 0.1) is 0 Å². The van der Waals surface area contributed by atoms with Gasteiger partial charge in [-0.15, -0.1) is 0 Å². The Bertz CT molecular complexity index is 275. The van der Waals surface area contributed by atoms with Gasteiger partial charge < -0.3 is 16.2 Å². The molecule has 0 radical (unpaired) electrons. The van der Waals surface area contributed by atoms with Gasteiger partial charge in [0.1, 0.15) is 6.04 Å². The average molecular weight is 232 g/mol. The third kappa shape index (κ3) is 6.60. The van der Waals surface area contributed by atoms with Crippen molar-refractivity contribution in [2.45, 2.75) is 18.9 Å². The zero-order valence-corrected chi connectivity index (χ0v) is 8.90. The van der Waals surface area contributed by atoms with Crippen molar-refractivity contribution in [3.05, 3.63) is 0 Å². The van der Waals surface area contributed by atoms with E-state index >= 15 is 0 Å². The van der Waals surface area contributed by atoms with Crippen molar-refractivity contribution < 1.29 is 19.7 Å². The molecule has 0 aromatic carbocycles. The van der Waals surface area contributed by atoms with E-state index < -0.39 is 17.9 Å². The van der Waals surface area contributed by atoms with Gasteiger partial charge in [0.15, 0.2) is 0 Å². The van der Waals surface area contributed by atoms with Gasteiger partial charge in [-0.3, -0.25) is 21.3 Å². The monoisotopic (exact) mass is 232 g/mol. The Morgan fingerprint density at radius 2 is 2.00 bits per heavy atom. The zero-order valence-electron chi connectivity index (χ0n) is 8.90. The van der Waals surface area contributed by atoms with E-state index in [-0.39, 0.29) is 18.9 Å². The summed E-state index contributed by atoms with van der Waals surface area (Å²) in [7, 11) is 0. The summed E-state index contributed by atoms with van der Waals surface area (Å²) in [5.41, 5.74) is 15.4. The second-order valence-corrected chi connectivity index (χ2v) is 3.19. The quantitative estimate of drug-likeness (QED) is 0.148. The van der Waals surface area contributed by atoms with Crippen LogP contribution in [0.3, 0.4) is 0 Å². The number of nitrogens with one attached hydrogen (secondary N) is 2. The van der Waals surface area contributed by atoms with E-state index in [9.17, 15) is 9.59 Å². The number of nitrogens with two attached hydrogens (primary N) is 3. The third-order valence-corrected chi connectivity index (χ3v) is 1.82. The number of amides is 1. The molecule has 8 heteroatoms. The molecule has 0 aliphatic carbocycles. The predicted octanol–water partition coefficient (Wildman–Crippen LogP) is -4.35. The molecule has 16 heavy (non-hydrogen) atoms. The van der Waals surface area contributed by atoms with Crippen molar-refractivity contribution in [3.63, 3.8) is 0 Å². The molecule has 0 saturated heterocycles. The number of aliphatic carboxylic acids is 1. The van der Waals surface area contributed by atoms with Crippen molar-refractivity contribution in [1.82, 2.24) is 5.32 Å². The summed E-state index contributed by atoms with van der Waals surface area (Å²) in [5, 5.41) is 11.1. The standard InChI is InChI=1S/C8H17N5O3/c9-4-6(14)13-5(7(15)16)2-1-3-12-8(10)11/h5H,1-4,9H2,(H,13,14)(H,15,16)(H4,10,11,12)/p+1. The summed E-state index contributed by atoms with van der Waals surface area (Å²) in [4.78, 5) is 24.3. The van der Waals surface area contributed by atoms with Crippen LogP contribution < -0.4 is 27.5 Å². The average Bonchev–Trinajstić information content (AvgIpc) is 2.21. The molecule has 9 N–H and O–H groups in total. The van der Waals surface area contributed by atoms with Crippen LogP contribution in [0.1, 0.15) is 12.8 Å². The minimum atomic E-state index is -1.09. The molecule has 0 spiro atoms. The van der Waals surface area contributed by atoms with Crippen LogP contribution in [0.2, 0.25) is 0 Å². The van der Waals surface area contributed by atoms with E-state index in [4.69, 9.17) is 22.3 Å². The van der Waals surface area contributed by atoms with Crippen molar-refractivity contribution >= 4 is 17.8 Å². The molecule has 92 valence electrons. The van der Waals surface area contributed by atoms with Crippen molar-refractivity contribution in [2.24, 2.45) is 17.2 Å². The molecular formula is C8H18N5O3+. The largest absolute Gasteiger partial charge is 0.480 e. The number of hydrogen-bond donors (Lipinski definition) is 6. The Morgan fingerprint density at radius 3 is 2.44 bits per heavy atom. The van der Waals surface area contributed by atoms with Gasteiger partial charge in [0.25, 0.3) is 0 Å². The molecule has 0 rings (SSSR count). The lowest BCUT2D eigenvalue weighted by Crippen LogP contribution is -2.78. The predicted molar refractivity (Wildman–Crippen MR) is 57.1 cm³/mol. The van der Waals surface area contributed by atoms with Crippen LogP contribution in [-0.2, 0) is 9.59 Å². The maximum absolute atomic E-state index is 10.9. The Labute approximate surface area is 92.9 Å². The Hall–Kier alpha value is -1.83. The van der Waals surface area contributed by atoms with Crippen LogP contribution in [0.15, 0.2) is 0 Å². The van der Waals surface area contributed by atoms with Gasteiger partial charge in [-0.05, 0) is 12.8 Å². The van der Waals surface area contributed by atoms with Gasteiger partial charge >= 0.3 is 11.9 Å². The van der Waals surface area contributed by atoms with Gasteiger partial charge in [-0.1, -0.05) is 0 Å². The minimum Gasteiger partial charge on any atom is -0.480 e. The number of carbonyl (C=O) groups excluding carboxylic acids is 1. The number of carboxylic acids is 1. The number of hydrogen-bond acceptors (Lipinski definition) is 3. The molecule has 1 unspecified atom stereocenters. The van der Waals surface area contributed by atoms with Crippen molar-refractivity contribution in [3.8, 4) is 0 Å². The fraction of sp³-hybridized carbons (Fsp3) is 0.625. The third-order valence-electron chi connectivity index (χ3n) is 1.82. The molecule has 0 bridgehead atoms. The second-order valence-electron chi connectivity index (χ2n) is 3.19. The van der Waals surface area contributed by atoms with Gasteiger partial charge in [0.05, 0.1) is 13.1 Å². The fourth-order valence-corrected chi connectivity index (χ4v) is 1.05. The Balaban J connectivity index is 4.00. The van der Waals surface area contributed by atoms with Gasteiger partial charge in [0.2, 0.25) is 5.91 Å². The summed E-state index contributed by atoms with van der Waals surface area (Å²) in [5.74, 6) is -1.50. The molecule has 0 fully saturated rings. The number of rotatable bonds is 7. The van der Waals surface area contributed by atoms with Crippen LogP contribution in [0.5, 0.6) is 0 Å². The first-order chi connectivity index (χ1) is 7.47. The highest BCUT2D eigenvalue weighted by Crippen LogP contribution is 1.95. The van der Waals surface area contributed by atoms with Crippen LogP contribution >= 0.6 is 0 Å². The van der Waals surface area contributed by atoms with Gasteiger partial charge in [-0.25, -0.2) is 4.79 Å². The number of carbonyl (C=O) groups is 2. The highest BCUT2D eigenvalue weighted by molar-refractivity contribution is 5.84. The van der Waals surface area contributed by atoms with Crippen LogP contribution in [0.25, 0.3) is 0 Å². The normalized spacial score (nSPS) is 11.6. The van der Waals surface area contributed by atoms with E-state index in [2.05, 4.69) is 10.3 Å². The first kappa shape index (κ1) is 14.2. The molecular weight excluding hydrogens is 214 g/mol. The van der Waals surface area contributed by atoms with Crippen molar-refractivity contribution in [1.29, 1.82) is 0 Å². The summed E-state index contributed by atoms with van der Waals surface area (Å²) in [6.07, 6.45) is 0.793. The van der Waals surface area contributed by atoms with E-state index in [1.807, 2.05) is 0 Å².